The van der Waals surface area contributed by atoms with Crippen LogP contribution in [-0.4, -0.2) is 17.6 Å². The number of carbonyl (C=O) groups is 1. The number of nitrogens with one attached hydrogen (secondary N) is 1. The summed E-state index contributed by atoms with van der Waals surface area (Å²) in [6, 6.07) is 0. The summed E-state index contributed by atoms with van der Waals surface area (Å²) in [5, 5.41) is 6.51. The molecule has 1 rings (SSSR count). The predicted molar refractivity (Wildman–Crippen MR) is 62.1 cm³/mol. The molecule has 0 fully saturated rings. The van der Waals surface area contributed by atoms with E-state index >= 15 is 0 Å². The van der Waals surface area contributed by atoms with E-state index in [0.717, 1.165) is 24.1 Å². The minimum absolute atomic E-state index is 0.0484. The van der Waals surface area contributed by atoms with Crippen LogP contribution in [-0.2, 0) is 4.79 Å². The summed E-state index contributed by atoms with van der Waals surface area (Å²) >= 11 is 0. The molecule has 3 N–H and O–H groups in total. The lowest BCUT2D eigenvalue weighted by Crippen LogP contribution is -2.21. The molecular weight excluding hydrogens is 206 g/mol. The molecule has 0 aliphatic heterocycles. The number of rotatable bonds is 5. The fourth-order valence-electron chi connectivity index (χ4n) is 1.32. The van der Waals surface area contributed by atoms with Gasteiger partial charge in [-0.05, 0) is 33.2 Å². The molecule has 0 saturated heterocycles. The summed E-state index contributed by atoms with van der Waals surface area (Å²) < 4.78 is 5.01. The molecule has 5 nitrogen and oxygen atoms in total. The normalized spacial score (nSPS) is 12.5. The maximum Gasteiger partial charge on any atom is 0.234 e. The molecule has 0 spiro atoms. The van der Waals surface area contributed by atoms with Crippen molar-refractivity contribution in [2.24, 2.45) is 11.7 Å². The Morgan fingerprint density at radius 2 is 2.25 bits per heavy atom. The molecule has 90 valence electrons. The maximum absolute atomic E-state index is 11.7. The second-order valence-corrected chi connectivity index (χ2v) is 4.04. The van der Waals surface area contributed by atoms with E-state index in [1.165, 1.54) is 0 Å². The minimum Gasteiger partial charge on any atom is -0.338 e. The van der Waals surface area contributed by atoms with Crippen LogP contribution in [0.15, 0.2) is 4.52 Å². The number of nitrogens with zero attached hydrogens (tertiary/aromatic N) is 1. The van der Waals surface area contributed by atoms with Crippen molar-refractivity contribution in [1.82, 2.24) is 5.16 Å². The summed E-state index contributed by atoms with van der Waals surface area (Å²) in [5.74, 6) is 0.336. The molecule has 1 heterocycles. The Balaban J connectivity index is 2.54. The first-order valence-corrected chi connectivity index (χ1v) is 5.50. The number of amides is 1. The number of carbonyl (C=O) groups excluding carboxylic acids is 1. The number of aryl methyl sites for hydroxylation is 1. The Morgan fingerprint density at radius 3 is 2.75 bits per heavy atom. The first-order chi connectivity index (χ1) is 7.56. The van der Waals surface area contributed by atoms with Gasteiger partial charge in [-0.2, -0.15) is 0 Å². The van der Waals surface area contributed by atoms with Gasteiger partial charge in [0.05, 0.1) is 5.69 Å². The number of aromatic nitrogens is 1. The van der Waals surface area contributed by atoms with Gasteiger partial charge in [-0.3, -0.25) is 10.1 Å². The summed E-state index contributed by atoms with van der Waals surface area (Å²) in [6.07, 6.45) is 1.64. The largest absolute Gasteiger partial charge is 0.338 e. The fraction of sp³-hybridized carbons (Fsp3) is 0.636. The molecule has 1 aromatic heterocycles. The highest BCUT2D eigenvalue weighted by Crippen LogP contribution is 2.18. The molecule has 0 aliphatic carbocycles. The van der Waals surface area contributed by atoms with Crippen LogP contribution in [0.5, 0.6) is 0 Å². The number of hydrogen-bond donors (Lipinski definition) is 2. The Hall–Kier alpha value is -1.36. The van der Waals surface area contributed by atoms with Gasteiger partial charge < -0.3 is 10.3 Å². The van der Waals surface area contributed by atoms with E-state index < -0.39 is 0 Å². The second-order valence-electron chi connectivity index (χ2n) is 4.04. The molecule has 0 aliphatic rings. The van der Waals surface area contributed by atoms with Crippen LogP contribution in [0.25, 0.3) is 0 Å². The van der Waals surface area contributed by atoms with E-state index in [0.29, 0.717) is 12.4 Å². The van der Waals surface area contributed by atoms with Crippen LogP contribution in [0.2, 0.25) is 0 Å². The summed E-state index contributed by atoms with van der Waals surface area (Å²) in [4.78, 5) is 11.7. The van der Waals surface area contributed by atoms with Crippen molar-refractivity contribution in [3.63, 3.8) is 0 Å². The minimum atomic E-state index is -0.0617. The number of anilines is 1. The molecule has 1 amide bonds. The molecule has 0 radical (unpaired) electrons. The molecular formula is C11H19N3O2. The molecule has 1 unspecified atom stereocenters. The highest BCUT2D eigenvalue weighted by molar-refractivity contribution is 5.91. The standard InChI is InChI=1S/C11H19N3O2/c1-7(5-4-6-12)10(15)13-11-8(2)9(3)14-16-11/h7H,4-6,12H2,1-3H3,(H,13,15). The van der Waals surface area contributed by atoms with Crippen molar-refractivity contribution >= 4 is 11.8 Å². The third-order valence-electron chi connectivity index (χ3n) is 2.68. The van der Waals surface area contributed by atoms with Crippen LogP contribution in [0.1, 0.15) is 31.0 Å². The van der Waals surface area contributed by atoms with E-state index in [-0.39, 0.29) is 11.8 Å². The third kappa shape index (κ3) is 3.06. The van der Waals surface area contributed by atoms with Crippen LogP contribution >= 0.6 is 0 Å². The first-order valence-electron chi connectivity index (χ1n) is 5.50. The smallest absolute Gasteiger partial charge is 0.234 e. The molecule has 1 aromatic rings. The van der Waals surface area contributed by atoms with E-state index in [2.05, 4.69) is 10.5 Å². The van der Waals surface area contributed by atoms with Gasteiger partial charge in [-0.1, -0.05) is 12.1 Å². The molecule has 0 bridgehead atoms. The van der Waals surface area contributed by atoms with Crippen molar-refractivity contribution in [3.8, 4) is 0 Å². The van der Waals surface area contributed by atoms with Gasteiger partial charge in [0.2, 0.25) is 11.8 Å². The van der Waals surface area contributed by atoms with Gasteiger partial charge in [-0.25, -0.2) is 0 Å². The number of nitrogens with two attached hydrogens (primary N) is 1. The van der Waals surface area contributed by atoms with E-state index in [1.54, 1.807) is 0 Å². The van der Waals surface area contributed by atoms with Crippen molar-refractivity contribution in [3.05, 3.63) is 11.3 Å². The fourth-order valence-corrected chi connectivity index (χ4v) is 1.32. The zero-order valence-corrected chi connectivity index (χ0v) is 10.0. The van der Waals surface area contributed by atoms with Crippen LogP contribution in [0.3, 0.4) is 0 Å². The summed E-state index contributed by atoms with van der Waals surface area (Å²) in [6.45, 7) is 6.19. The summed E-state index contributed by atoms with van der Waals surface area (Å²) in [7, 11) is 0. The molecule has 16 heavy (non-hydrogen) atoms. The van der Waals surface area contributed by atoms with Gasteiger partial charge in [0, 0.05) is 11.5 Å². The Morgan fingerprint density at radius 1 is 1.56 bits per heavy atom. The maximum atomic E-state index is 11.7. The quantitative estimate of drug-likeness (QED) is 0.797. The van der Waals surface area contributed by atoms with Crippen molar-refractivity contribution in [1.29, 1.82) is 0 Å². The lowest BCUT2D eigenvalue weighted by molar-refractivity contribution is -0.119. The highest BCUT2D eigenvalue weighted by Gasteiger charge is 2.16. The van der Waals surface area contributed by atoms with Gasteiger partial charge in [0.15, 0.2) is 0 Å². The van der Waals surface area contributed by atoms with Gasteiger partial charge in [0.25, 0.3) is 0 Å². The average molecular weight is 225 g/mol. The molecule has 0 saturated carbocycles. The van der Waals surface area contributed by atoms with Crippen molar-refractivity contribution < 1.29 is 9.32 Å². The van der Waals surface area contributed by atoms with Crippen molar-refractivity contribution in [2.45, 2.75) is 33.6 Å². The average Bonchev–Trinajstić information content (AvgIpc) is 2.57. The monoisotopic (exact) mass is 225 g/mol. The molecule has 0 aromatic carbocycles. The van der Waals surface area contributed by atoms with Crippen LogP contribution in [0, 0.1) is 19.8 Å². The topological polar surface area (TPSA) is 81.2 Å². The lowest BCUT2D eigenvalue weighted by Gasteiger charge is -2.09. The van der Waals surface area contributed by atoms with Crippen molar-refractivity contribution in [2.75, 3.05) is 11.9 Å². The highest BCUT2D eigenvalue weighted by atomic mass is 16.5. The number of hydrogen-bond acceptors (Lipinski definition) is 4. The Bertz CT molecular complexity index is 360. The van der Waals surface area contributed by atoms with Gasteiger partial charge in [-0.15, -0.1) is 0 Å². The summed E-state index contributed by atoms with van der Waals surface area (Å²) in [5.41, 5.74) is 7.07. The zero-order valence-electron chi connectivity index (χ0n) is 10.0. The molecule has 1 atom stereocenters. The second kappa shape index (κ2) is 5.65. The predicted octanol–water partition coefficient (Wildman–Crippen LogP) is 1.60. The van der Waals surface area contributed by atoms with Crippen LogP contribution < -0.4 is 11.1 Å². The van der Waals surface area contributed by atoms with Crippen LogP contribution in [0.4, 0.5) is 5.88 Å². The van der Waals surface area contributed by atoms with E-state index in [9.17, 15) is 4.79 Å². The Labute approximate surface area is 95.4 Å². The Kier molecular flexibility index (Phi) is 4.49. The SMILES string of the molecule is Cc1noc(NC(=O)C(C)CCCN)c1C. The molecule has 5 heteroatoms. The van der Waals surface area contributed by atoms with E-state index in [1.807, 2.05) is 20.8 Å². The lowest BCUT2D eigenvalue weighted by atomic mass is 10.1. The first kappa shape index (κ1) is 12.7. The van der Waals surface area contributed by atoms with Gasteiger partial charge >= 0.3 is 0 Å². The van der Waals surface area contributed by atoms with Gasteiger partial charge in [0.1, 0.15) is 0 Å². The third-order valence-corrected chi connectivity index (χ3v) is 2.68. The zero-order chi connectivity index (χ0) is 12.1. The van der Waals surface area contributed by atoms with E-state index in [4.69, 9.17) is 10.3 Å².